The number of aryl methyl sites for hydroxylation is 2. The van der Waals surface area contributed by atoms with Crippen molar-refractivity contribution in [2.75, 3.05) is 17.4 Å². The summed E-state index contributed by atoms with van der Waals surface area (Å²) in [5, 5.41) is 3.37. The highest BCUT2D eigenvalue weighted by Crippen LogP contribution is 2.29. The zero-order chi connectivity index (χ0) is 29.4. The predicted molar refractivity (Wildman–Crippen MR) is 161 cm³/mol. The van der Waals surface area contributed by atoms with E-state index in [1.807, 2.05) is 58.0 Å². The zero-order valence-corrected chi connectivity index (χ0v) is 25.3. The van der Waals surface area contributed by atoms with E-state index in [0.717, 1.165) is 15.4 Å². The molecule has 0 heterocycles. The van der Waals surface area contributed by atoms with Crippen LogP contribution in [0.15, 0.2) is 77.7 Å². The lowest BCUT2D eigenvalue weighted by molar-refractivity contribution is -0.139. The van der Waals surface area contributed by atoms with Gasteiger partial charge in [0.15, 0.2) is 0 Å². The van der Waals surface area contributed by atoms with Crippen molar-refractivity contribution in [3.63, 3.8) is 0 Å². The fourth-order valence-corrected chi connectivity index (χ4v) is 6.23. The Morgan fingerprint density at radius 1 is 0.950 bits per heavy atom. The third-order valence-corrected chi connectivity index (χ3v) is 8.63. The first-order chi connectivity index (χ1) is 18.9. The largest absolute Gasteiger partial charge is 0.352 e. The van der Waals surface area contributed by atoms with Crippen molar-refractivity contribution < 1.29 is 18.0 Å². The molecule has 3 aromatic rings. The summed E-state index contributed by atoms with van der Waals surface area (Å²) in [4.78, 5) is 28.8. The Hall–Kier alpha value is -3.36. The summed E-state index contributed by atoms with van der Waals surface area (Å²) in [5.74, 6) is -0.735. The number of sulfonamides is 1. The van der Waals surface area contributed by atoms with Crippen molar-refractivity contribution in [1.29, 1.82) is 0 Å². The molecule has 3 rings (SSSR count). The maximum Gasteiger partial charge on any atom is 0.264 e. The van der Waals surface area contributed by atoms with E-state index in [2.05, 4.69) is 5.32 Å². The highest BCUT2D eigenvalue weighted by atomic mass is 35.5. The molecule has 2 amide bonds. The first-order valence-electron chi connectivity index (χ1n) is 13.4. The predicted octanol–water partition coefficient (Wildman–Crippen LogP) is 5.53. The molecular weight excluding hydrogens is 546 g/mol. The Morgan fingerprint density at radius 2 is 1.60 bits per heavy atom. The van der Waals surface area contributed by atoms with E-state index in [4.69, 9.17) is 11.6 Å². The van der Waals surface area contributed by atoms with E-state index in [0.29, 0.717) is 29.1 Å². The molecule has 3 aromatic carbocycles. The number of hydrogen-bond donors (Lipinski definition) is 1. The molecule has 214 valence electrons. The van der Waals surface area contributed by atoms with Gasteiger partial charge in [-0.25, -0.2) is 8.42 Å². The fraction of sp³-hybridized carbons (Fsp3) is 0.355. The first-order valence-corrected chi connectivity index (χ1v) is 15.2. The number of amides is 2. The first kappa shape index (κ1) is 31.2. The van der Waals surface area contributed by atoms with Gasteiger partial charge in [-0.1, -0.05) is 66.6 Å². The van der Waals surface area contributed by atoms with Crippen molar-refractivity contribution in [1.82, 2.24) is 10.2 Å². The molecule has 0 radical (unpaired) electrons. The third-order valence-electron chi connectivity index (χ3n) is 6.62. The maximum absolute atomic E-state index is 14.1. The number of nitrogens with zero attached hydrogens (tertiary/aromatic N) is 2. The van der Waals surface area contributed by atoms with Crippen LogP contribution in [0.2, 0.25) is 5.02 Å². The van der Waals surface area contributed by atoms with Crippen molar-refractivity contribution in [2.45, 2.75) is 64.4 Å². The molecular formula is C31H38ClN3O4S. The Labute approximate surface area is 243 Å². The summed E-state index contributed by atoms with van der Waals surface area (Å²) >= 11 is 6.18. The summed E-state index contributed by atoms with van der Waals surface area (Å²) in [6, 6.07) is 20.2. The van der Waals surface area contributed by atoms with Crippen molar-refractivity contribution in [3.8, 4) is 0 Å². The van der Waals surface area contributed by atoms with Gasteiger partial charge in [0.2, 0.25) is 11.8 Å². The van der Waals surface area contributed by atoms with Gasteiger partial charge in [0.1, 0.15) is 12.6 Å². The van der Waals surface area contributed by atoms with Gasteiger partial charge in [0, 0.05) is 17.6 Å². The molecule has 7 nitrogen and oxygen atoms in total. The molecule has 0 spiro atoms. The van der Waals surface area contributed by atoms with Gasteiger partial charge in [-0.2, -0.15) is 0 Å². The van der Waals surface area contributed by atoms with E-state index in [-0.39, 0.29) is 23.4 Å². The molecule has 1 N–H and O–H groups in total. The molecule has 9 heteroatoms. The number of carbonyl (C=O) groups is 2. The second-order valence-corrected chi connectivity index (χ2v) is 12.5. The number of carbonyl (C=O) groups excluding carboxylic acids is 2. The Kier molecular flexibility index (Phi) is 10.8. The van der Waals surface area contributed by atoms with Gasteiger partial charge in [0.05, 0.1) is 10.6 Å². The van der Waals surface area contributed by atoms with Crippen LogP contribution in [0, 0.1) is 13.8 Å². The zero-order valence-electron chi connectivity index (χ0n) is 23.7. The topological polar surface area (TPSA) is 86.8 Å². The van der Waals surface area contributed by atoms with Crippen molar-refractivity contribution in [2.24, 2.45) is 0 Å². The summed E-state index contributed by atoms with van der Waals surface area (Å²) < 4.78 is 29.1. The molecule has 0 saturated carbocycles. The summed E-state index contributed by atoms with van der Waals surface area (Å²) in [7, 11) is -4.13. The molecule has 1 atom stereocenters. The van der Waals surface area contributed by atoms with Crippen molar-refractivity contribution >= 4 is 39.1 Å². The molecule has 0 aromatic heterocycles. The molecule has 0 saturated heterocycles. The van der Waals surface area contributed by atoms with Crippen LogP contribution in [-0.4, -0.2) is 50.3 Å². The van der Waals surface area contributed by atoms with Crippen LogP contribution in [0.4, 0.5) is 5.69 Å². The van der Waals surface area contributed by atoms with Crippen LogP contribution in [0.1, 0.15) is 43.9 Å². The lowest BCUT2D eigenvalue weighted by atomic mass is 10.1. The van der Waals surface area contributed by atoms with Crippen molar-refractivity contribution in [3.05, 3.63) is 94.5 Å². The lowest BCUT2D eigenvalue weighted by Gasteiger charge is -2.34. The minimum absolute atomic E-state index is 0.0701. The average Bonchev–Trinajstić information content (AvgIpc) is 2.90. The number of hydrogen-bond acceptors (Lipinski definition) is 4. The number of rotatable bonds is 12. The van der Waals surface area contributed by atoms with Crippen LogP contribution in [0.5, 0.6) is 0 Å². The van der Waals surface area contributed by atoms with Gasteiger partial charge in [-0.15, -0.1) is 0 Å². The van der Waals surface area contributed by atoms with Crippen LogP contribution in [-0.2, 0) is 26.0 Å². The third kappa shape index (κ3) is 7.86. The minimum Gasteiger partial charge on any atom is -0.352 e. The quantitative estimate of drug-likeness (QED) is 0.304. The van der Waals surface area contributed by atoms with Gasteiger partial charge in [-0.3, -0.25) is 13.9 Å². The van der Waals surface area contributed by atoms with Gasteiger partial charge < -0.3 is 10.2 Å². The number of halogens is 1. The Bertz CT molecular complexity index is 1410. The second kappa shape index (κ2) is 13.8. The van der Waals surface area contributed by atoms with Gasteiger partial charge in [0.25, 0.3) is 10.0 Å². The number of benzene rings is 3. The van der Waals surface area contributed by atoms with E-state index in [9.17, 15) is 18.0 Å². The molecule has 0 bridgehead atoms. The summed E-state index contributed by atoms with van der Waals surface area (Å²) in [6.07, 6.45) is 0.895. The SMILES string of the molecule is CCC(C(=O)NC(C)C)N(CCc1ccccc1)C(=O)CN(c1ccc(Cl)cc1C)S(=O)(=O)c1ccc(C)cc1. The van der Waals surface area contributed by atoms with E-state index in [1.165, 1.54) is 17.0 Å². The normalized spacial score (nSPS) is 12.2. The van der Waals surface area contributed by atoms with Crippen LogP contribution < -0.4 is 9.62 Å². The van der Waals surface area contributed by atoms with E-state index in [1.54, 1.807) is 37.3 Å². The van der Waals surface area contributed by atoms with Crippen LogP contribution in [0.3, 0.4) is 0 Å². The van der Waals surface area contributed by atoms with Crippen LogP contribution >= 0.6 is 11.6 Å². The molecule has 0 aliphatic rings. The smallest absolute Gasteiger partial charge is 0.264 e. The molecule has 40 heavy (non-hydrogen) atoms. The van der Waals surface area contributed by atoms with E-state index >= 15 is 0 Å². The van der Waals surface area contributed by atoms with E-state index < -0.39 is 28.5 Å². The second-order valence-electron chi connectivity index (χ2n) is 10.2. The summed E-state index contributed by atoms with van der Waals surface area (Å²) in [6.45, 7) is 8.97. The Morgan fingerprint density at radius 3 is 2.17 bits per heavy atom. The maximum atomic E-state index is 14.1. The number of nitrogens with one attached hydrogen (secondary N) is 1. The highest BCUT2D eigenvalue weighted by molar-refractivity contribution is 7.92. The number of anilines is 1. The van der Waals surface area contributed by atoms with Gasteiger partial charge >= 0.3 is 0 Å². The lowest BCUT2D eigenvalue weighted by Crippen LogP contribution is -2.54. The molecule has 0 fully saturated rings. The highest BCUT2D eigenvalue weighted by Gasteiger charge is 2.34. The van der Waals surface area contributed by atoms with Gasteiger partial charge in [-0.05, 0) is 82.0 Å². The fourth-order valence-electron chi connectivity index (χ4n) is 4.53. The molecule has 0 aliphatic heterocycles. The van der Waals surface area contributed by atoms with Crippen LogP contribution in [0.25, 0.3) is 0 Å². The Balaban J connectivity index is 2.04. The monoisotopic (exact) mass is 583 g/mol. The average molecular weight is 584 g/mol. The summed E-state index contributed by atoms with van der Waals surface area (Å²) in [5.41, 5.74) is 2.88. The molecule has 1 unspecified atom stereocenters. The molecule has 0 aliphatic carbocycles. The minimum atomic E-state index is -4.13. The standard InChI is InChI=1S/C31H38ClN3O4S/c1-6-28(31(37)33-22(2)3)34(19-18-25-10-8-7-9-11-25)30(36)21-35(29-17-14-26(32)20-24(29)5)40(38,39)27-15-12-23(4)13-16-27/h7-17,20,22,28H,6,18-19,21H2,1-5H3,(H,33,37).